The topological polar surface area (TPSA) is 57.7 Å². The molecule has 1 atom stereocenters. The fourth-order valence-electron chi connectivity index (χ4n) is 3.01. The highest BCUT2D eigenvalue weighted by Crippen LogP contribution is 2.25. The van der Waals surface area contributed by atoms with Gasteiger partial charge in [-0.25, -0.2) is 12.7 Å². The zero-order valence-electron chi connectivity index (χ0n) is 17.6. The molecule has 0 saturated carbocycles. The highest BCUT2D eigenvalue weighted by Gasteiger charge is 2.26. The molecule has 1 amide bonds. The Kier molecular flexibility index (Phi) is 7.01. The molecule has 2 aromatic rings. The summed E-state index contributed by atoms with van der Waals surface area (Å²) in [5.74, 6) is -0.156. The van der Waals surface area contributed by atoms with Gasteiger partial charge in [0.2, 0.25) is 10.0 Å². The lowest BCUT2D eigenvalue weighted by molar-refractivity contribution is 0.0671. The number of benzene rings is 2. The van der Waals surface area contributed by atoms with Crippen molar-refractivity contribution in [2.75, 3.05) is 14.1 Å². The molecule has 0 fully saturated rings. The first-order valence-corrected chi connectivity index (χ1v) is 10.9. The molecule has 0 spiro atoms. The van der Waals surface area contributed by atoms with Crippen LogP contribution in [0.25, 0.3) is 0 Å². The summed E-state index contributed by atoms with van der Waals surface area (Å²) in [5.41, 5.74) is 2.90. The van der Waals surface area contributed by atoms with E-state index in [2.05, 4.69) is 0 Å². The predicted octanol–water partition coefficient (Wildman–Crippen LogP) is 3.99. The summed E-state index contributed by atoms with van der Waals surface area (Å²) >= 11 is 0. The molecule has 0 aromatic heterocycles. The third-order valence-corrected chi connectivity index (χ3v) is 7.15. The first kappa shape index (κ1) is 22.1. The lowest BCUT2D eigenvalue weighted by atomic mass is 10.0. The van der Waals surface area contributed by atoms with E-state index in [1.165, 1.54) is 24.5 Å². The molecule has 0 aliphatic heterocycles. The molecule has 0 saturated heterocycles. The molecule has 0 heterocycles. The van der Waals surface area contributed by atoms with Gasteiger partial charge < -0.3 is 4.90 Å². The highest BCUT2D eigenvalue weighted by atomic mass is 32.2. The molecule has 152 valence electrons. The lowest BCUT2D eigenvalue weighted by Crippen LogP contribution is -2.38. The van der Waals surface area contributed by atoms with Crippen LogP contribution in [0.4, 0.5) is 0 Å². The maximum absolute atomic E-state index is 13.4. The van der Waals surface area contributed by atoms with Crippen LogP contribution in [0, 0.1) is 13.8 Å². The molecule has 2 rings (SSSR count). The molecule has 2 aromatic carbocycles. The number of carbonyl (C=O) groups excluding carboxylic acids is 1. The number of sulfonamides is 1. The molecule has 0 aliphatic rings. The Balaban J connectivity index is 2.51. The smallest absolute Gasteiger partial charge is 0.254 e. The average molecular weight is 403 g/mol. The number of nitrogens with zero attached hydrogens (tertiary/aromatic N) is 2. The van der Waals surface area contributed by atoms with Crippen LogP contribution in [0.5, 0.6) is 0 Å². The van der Waals surface area contributed by atoms with Crippen molar-refractivity contribution in [1.29, 1.82) is 0 Å². The Morgan fingerprint density at radius 3 is 2.21 bits per heavy atom. The monoisotopic (exact) mass is 402 g/mol. The van der Waals surface area contributed by atoms with E-state index in [-0.39, 0.29) is 16.8 Å². The van der Waals surface area contributed by atoms with Crippen molar-refractivity contribution in [2.45, 2.75) is 51.6 Å². The van der Waals surface area contributed by atoms with Gasteiger partial charge in [-0.1, -0.05) is 37.3 Å². The summed E-state index contributed by atoms with van der Waals surface area (Å²) in [5, 5.41) is 0. The fourth-order valence-corrected chi connectivity index (χ4v) is 4.23. The number of amides is 1. The van der Waals surface area contributed by atoms with E-state index in [0.717, 1.165) is 17.5 Å². The summed E-state index contributed by atoms with van der Waals surface area (Å²) in [6.07, 6.45) is 0.812. The van der Waals surface area contributed by atoms with Gasteiger partial charge in [-0.2, -0.15) is 0 Å². The minimum absolute atomic E-state index is 0.0308. The molecule has 0 radical (unpaired) electrons. The van der Waals surface area contributed by atoms with E-state index < -0.39 is 10.0 Å². The average Bonchev–Trinajstić information content (AvgIpc) is 2.67. The van der Waals surface area contributed by atoms with Gasteiger partial charge in [-0.05, 0) is 56.0 Å². The standard InChI is InChI=1S/C22H30N2O3S/c1-7-17(3)24(15-19-11-9-8-10-12-19)22(25)20-13-16(2)18(4)21(14-20)28(26,27)23(5)6/h8-14,17H,7,15H2,1-6H3. The van der Waals surface area contributed by atoms with Crippen LogP contribution in [0.15, 0.2) is 47.4 Å². The van der Waals surface area contributed by atoms with E-state index in [1.54, 1.807) is 13.0 Å². The summed E-state index contributed by atoms with van der Waals surface area (Å²) in [7, 11) is -0.635. The zero-order valence-corrected chi connectivity index (χ0v) is 18.4. The van der Waals surface area contributed by atoms with Crippen LogP contribution in [-0.4, -0.2) is 43.7 Å². The second-order valence-electron chi connectivity index (χ2n) is 7.38. The first-order chi connectivity index (χ1) is 13.1. The predicted molar refractivity (Wildman–Crippen MR) is 113 cm³/mol. The Morgan fingerprint density at radius 2 is 1.68 bits per heavy atom. The molecule has 0 aliphatic carbocycles. The lowest BCUT2D eigenvalue weighted by Gasteiger charge is -2.29. The minimum Gasteiger partial charge on any atom is -0.332 e. The van der Waals surface area contributed by atoms with E-state index in [1.807, 2.05) is 56.0 Å². The number of carbonyl (C=O) groups is 1. The van der Waals surface area contributed by atoms with Crippen molar-refractivity contribution in [2.24, 2.45) is 0 Å². The summed E-state index contributed by atoms with van der Waals surface area (Å²) in [6.45, 7) is 8.15. The Bertz CT molecular complexity index is 938. The van der Waals surface area contributed by atoms with Crippen LogP contribution in [0.1, 0.15) is 47.3 Å². The summed E-state index contributed by atoms with van der Waals surface area (Å²) in [4.78, 5) is 15.4. The van der Waals surface area contributed by atoms with Gasteiger partial charge in [0.15, 0.2) is 0 Å². The third-order valence-electron chi connectivity index (χ3n) is 5.20. The van der Waals surface area contributed by atoms with E-state index >= 15 is 0 Å². The SMILES string of the molecule is CCC(C)N(Cc1ccccc1)C(=O)c1cc(C)c(C)c(S(=O)(=O)N(C)C)c1. The molecule has 6 heteroatoms. The molecule has 0 bridgehead atoms. The molecule has 28 heavy (non-hydrogen) atoms. The number of hydrogen-bond donors (Lipinski definition) is 0. The van der Waals surface area contributed by atoms with Crippen molar-refractivity contribution in [1.82, 2.24) is 9.21 Å². The van der Waals surface area contributed by atoms with Crippen LogP contribution in [-0.2, 0) is 16.6 Å². The number of rotatable bonds is 7. The van der Waals surface area contributed by atoms with Crippen LogP contribution >= 0.6 is 0 Å². The van der Waals surface area contributed by atoms with Crippen LogP contribution in [0.3, 0.4) is 0 Å². The van der Waals surface area contributed by atoms with Gasteiger partial charge in [-0.3, -0.25) is 4.79 Å². The molecule has 5 nitrogen and oxygen atoms in total. The van der Waals surface area contributed by atoms with Gasteiger partial charge in [0, 0.05) is 32.2 Å². The van der Waals surface area contributed by atoms with Crippen molar-refractivity contribution in [3.8, 4) is 0 Å². The quantitative estimate of drug-likeness (QED) is 0.703. The Hall–Kier alpha value is -2.18. The Labute approximate surface area is 169 Å². The van der Waals surface area contributed by atoms with Crippen molar-refractivity contribution < 1.29 is 13.2 Å². The van der Waals surface area contributed by atoms with E-state index in [9.17, 15) is 13.2 Å². The van der Waals surface area contributed by atoms with E-state index in [4.69, 9.17) is 0 Å². The minimum atomic E-state index is -3.63. The second-order valence-corrected chi connectivity index (χ2v) is 9.50. The summed E-state index contributed by atoms with van der Waals surface area (Å²) in [6, 6.07) is 13.2. The molecular weight excluding hydrogens is 372 g/mol. The first-order valence-electron chi connectivity index (χ1n) is 9.48. The van der Waals surface area contributed by atoms with Gasteiger partial charge in [0.1, 0.15) is 0 Å². The van der Waals surface area contributed by atoms with Crippen molar-refractivity contribution in [3.63, 3.8) is 0 Å². The maximum Gasteiger partial charge on any atom is 0.254 e. The molecule has 0 N–H and O–H groups in total. The number of aryl methyl sites for hydroxylation is 1. The van der Waals surface area contributed by atoms with Crippen molar-refractivity contribution in [3.05, 3.63) is 64.7 Å². The third kappa shape index (κ3) is 4.62. The highest BCUT2D eigenvalue weighted by molar-refractivity contribution is 7.89. The normalized spacial score (nSPS) is 12.8. The largest absolute Gasteiger partial charge is 0.332 e. The molecule has 1 unspecified atom stereocenters. The summed E-state index contributed by atoms with van der Waals surface area (Å²) < 4.78 is 26.6. The van der Waals surface area contributed by atoms with Crippen LogP contribution in [0.2, 0.25) is 0 Å². The zero-order chi connectivity index (χ0) is 21.1. The Morgan fingerprint density at radius 1 is 1.07 bits per heavy atom. The second kappa shape index (κ2) is 8.88. The maximum atomic E-state index is 13.4. The van der Waals surface area contributed by atoms with Crippen molar-refractivity contribution >= 4 is 15.9 Å². The fraction of sp³-hybridized carbons (Fsp3) is 0.409. The van der Waals surface area contributed by atoms with Gasteiger partial charge in [0.25, 0.3) is 5.91 Å². The van der Waals surface area contributed by atoms with E-state index in [0.29, 0.717) is 17.7 Å². The molecular formula is C22H30N2O3S. The number of hydrogen-bond acceptors (Lipinski definition) is 3. The van der Waals surface area contributed by atoms with Crippen LogP contribution < -0.4 is 0 Å². The van der Waals surface area contributed by atoms with Gasteiger partial charge >= 0.3 is 0 Å². The van der Waals surface area contributed by atoms with Gasteiger partial charge in [0.05, 0.1) is 4.90 Å². The van der Waals surface area contributed by atoms with Gasteiger partial charge in [-0.15, -0.1) is 0 Å².